The predicted molar refractivity (Wildman–Crippen MR) is 49.3 cm³/mol. The van der Waals surface area contributed by atoms with Gasteiger partial charge in [0.15, 0.2) is 5.88 Å². The summed E-state index contributed by atoms with van der Waals surface area (Å²) >= 11 is 0. The van der Waals surface area contributed by atoms with Gasteiger partial charge in [0.2, 0.25) is 0 Å². The number of nitrogens with two attached hydrogens (primary N) is 1. The Morgan fingerprint density at radius 2 is 2.23 bits per heavy atom. The van der Waals surface area contributed by atoms with Crippen molar-refractivity contribution in [1.29, 1.82) is 0 Å². The summed E-state index contributed by atoms with van der Waals surface area (Å²) in [5.74, 6) is -0.390. The van der Waals surface area contributed by atoms with Gasteiger partial charge < -0.3 is 15.2 Å². The number of nitrogens with zero attached hydrogens (tertiary/aromatic N) is 1. The number of rotatable bonds is 4. The van der Waals surface area contributed by atoms with Gasteiger partial charge in [0.25, 0.3) is 0 Å². The van der Waals surface area contributed by atoms with E-state index in [1.165, 1.54) is 20.2 Å². The molecule has 0 fully saturated rings. The standard InChI is InChI=1S/C8H14N2O3/c1-4-13-7(9)5-6(10-2)8(11)12-3/h5H,4,9H2,1-3H3/b7-5+,10-6?. The second-order valence-corrected chi connectivity index (χ2v) is 2.08. The number of hydrogen-bond acceptors (Lipinski definition) is 5. The molecule has 0 amide bonds. The zero-order chi connectivity index (χ0) is 10.3. The Morgan fingerprint density at radius 1 is 1.62 bits per heavy atom. The number of methoxy groups -OCH3 is 1. The molecule has 0 aliphatic rings. The van der Waals surface area contributed by atoms with E-state index >= 15 is 0 Å². The lowest BCUT2D eigenvalue weighted by Gasteiger charge is -2.02. The van der Waals surface area contributed by atoms with Crippen molar-refractivity contribution in [1.82, 2.24) is 0 Å². The van der Waals surface area contributed by atoms with Gasteiger partial charge in [-0.05, 0) is 6.92 Å². The number of aliphatic imine (C=N–C) groups is 1. The molecule has 0 aliphatic carbocycles. The fourth-order valence-corrected chi connectivity index (χ4v) is 0.662. The maximum Gasteiger partial charge on any atom is 0.356 e. The van der Waals surface area contributed by atoms with Crippen LogP contribution in [0, 0.1) is 0 Å². The van der Waals surface area contributed by atoms with Gasteiger partial charge in [0, 0.05) is 13.1 Å². The van der Waals surface area contributed by atoms with Crippen LogP contribution in [-0.4, -0.2) is 32.4 Å². The molecule has 0 heterocycles. The van der Waals surface area contributed by atoms with Gasteiger partial charge in [-0.25, -0.2) is 4.79 Å². The summed E-state index contributed by atoms with van der Waals surface area (Å²) < 4.78 is 9.38. The van der Waals surface area contributed by atoms with E-state index in [9.17, 15) is 4.79 Å². The predicted octanol–water partition coefficient (Wildman–Crippen LogP) is 0.0668. The minimum Gasteiger partial charge on any atom is -0.480 e. The van der Waals surface area contributed by atoms with Crippen molar-refractivity contribution in [3.63, 3.8) is 0 Å². The van der Waals surface area contributed by atoms with E-state index in [0.717, 1.165) is 0 Å². The summed E-state index contributed by atoms with van der Waals surface area (Å²) in [7, 11) is 2.75. The first-order chi connectivity index (χ1) is 6.15. The first-order valence-electron chi connectivity index (χ1n) is 3.80. The Balaban J connectivity index is 4.45. The summed E-state index contributed by atoms with van der Waals surface area (Å²) in [5.41, 5.74) is 5.54. The molecule has 0 saturated carbocycles. The molecule has 2 N–H and O–H groups in total. The van der Waals surface area contributed by atoms with E-state index in [-0.39, 0.29) is 11.6 Å². The van der Waals surface area contributed by atoms with E-state index in [4.69, 9.17) is 10.5 Å². The third-order valence-corrected chi connectivity index (χ3v) is 1.23. The average molecular weight is 186 g/mol. The molecule has 74 valence electrons. The Bertz CT molecular complexity index is 234. The molecule has 0 aromatic rings. The quantitative estimate of drug-likeness (QED) is 0.383. The highest BCUT2D eigenvalue weighted by Crippen LogP contribution is 1.92. The molecule has 0 aromatic heterocycles. The molecule has 5 heteroatoms. The molecule has 0 unspecified atom stereocenters. The van der Waals surface area contributed by atoms with E-state index in [0.29, 0.717) is 6.61 Å². The topological polar surface area (TPSA) is 73.9 Å². The maximum absolute atomic E-state index is 11.0. The highest BCUT2D eigenvalue weighted by atomic mass is 16.5. The fourth-order valence-electron chi connectivity index (χ4n) is 0.662. The van der Waals surface area contributed by atoms with Crippen molar-refractivity contribution in [2.24, 2.45) is 10.7 Å². The van der Waals surface area contributed by atoms with Gasteiger partial charge in [-0.1, -0.05) is 0 Å². The zero-order valence-corrected chi connectivity index (χ0v) is 8.03. The molecule has 5 nitrogen and oxygen atoms in total. The lowest BCUT2D eigenvalue weighted by molar-refractivity contribution is -0.132. The Labute approximate surface area is 77.2 Å². The fraction of sp³-hybridized carbons (Fsp3) is 0.500. The van der Waals surface area contributed by atoms with Crippen LogP contribution in [0.5, 0.6) is 0 Å². The largest absolute Gasteiger partial charge is 0.480 e. The molecule has 0 aromatic carbocycles. The summed E-state index contributed by atoms with van der Waals surface area (Å²) in [6.07, 6.45) is 1.33. The highest BCUT2D eigenvalue weighted by Gasteiger charge is 2.08. The van der Waals surface area contributed by atoms with Gasteiger partial charge in [0.05, 0.1) is 13.7 Å². The van der Waals surface area contributed by atoms with Gasteiger partial charge >= 0.3 is 5.97 Å². The number of hydrogen-bond donors (Lipinski definition) is 1. The monoisotopic (exact) mass is 186 g/mol. The van der Waals surface area contributed by atoms with E-state index in [1.807, 2.05) is 0 Å². The van der Waals surface area contributed by atoms with Gasteiger partial charge in [-0.3, -0.25) is 4.99 Å². The maximum atomic E-state index is 11.0. The van der Waals surface area contributed by atoms with Crippen LogP contribution in [0.3, 0.4) is 0 Å². The van der Waals surface area contributed by atoms with Crippen molar-refractivity contribution in [3.8, 4) is 0 Å². The van der Waals surface area contributed by atoms with Crippen molar-refractivity contribution in [2.75, 3.05) is 20.8 Å². The molecule has 0 radical (unpaired) electrons. The average Bonchev–Trinajstić information content (AvgIpc) is 2.13. The third kappa shape index (κ3) is 4.15. The molecule has 0 bridgehead atoms. The number of carbonyl (C=O) groups excluding carboxylic acids is 1. The van der Waals surface area contributed by atoms with Crippen molar-refractivity contribution >= 4 is 11.7 Å². The SMILES string of the molecule is CCO/C(N)=C/C(=NC)C(=O)OC. The second-order valence-electron chi connectivity index (χ2n) is 2.08. The van der Waals surface area contributed by atoms with Crippen molar-refractivity contribution in [3.05, 3.63) is 12.0 Å². The summed E-state index contributed by atoms with van der Waals surface area (Å²) in [4.78, 5) is 14.7. The van der Waals surface area contributed by atoms with Crippen LogP contribution in [0.25, 0.3) is 0 Å². The number of ether oxygens (including phenoxy) is 2. The Morgan fingerprint density at radius 3 is 2.62 bits per heavy atom. The van der Waals surface area contributed by atoms with Gasteiger partial charge in [0.1, 0.15) is 5.71 Å². The molecular weight excluding hydrogens is 172 g/mol. The summed E-state index contributed by atoms with van der Waals surface area (Å²) in [6, 6.07) is 0. The minimum atomic E-state index is -0.537. The van der Waals surface area contributed by atoms with Gasteiger partial charge in [-0.2, -0.15) is 0 Å². The first kappa shape index (κ1) is 11.5. The van der Waals surface area contributed by atoms with Crippen molar-refractivity contribution < 1.29 is 14.3 Å². The van der Waals surface area contributed by atoms with Crippen molar-refractivity contribution in [2.45, 2.75) is 6.92 Å². The van der Waals surface area contributed by atoms with E-state index < -0.39 is 5.97 Å². The molecule has 0 aliphatic heterocycles. The molecule has 13 heavy (non-hydrogen) atoms. The first-order valence-corrected chi connectivity index (χ1v) is 3.80. The van der Waals surface area contributed by atoms with Crippen LogP contribution in [0.15, 0.2) is 17.0 Å². The molecular formula is C8H14N2O3. The summed E-state index contributed by atoms with van der Waals surface area (Å²) in [5, 5.41) is 0. The highest BCUT2D eigenvalue weighted by molar-refractivity contribution is 6.41. The van der Waals surface area contributed by atoms with Crippen LogP contribution in [-0.2, 0) is 14.3 Å². The lowest BCUT2D eigenvalue weighted by Crippen LogP contribution is -2.16. The summed E-state index contributed by atoms with van der Waals surface area (Å²) in [6.45, 7) is 2.24. The smallest absolute Gasteiger partial charge is 0.356 e. The lowest BCUT2D eigenvalue weighted by atomic mass is 10.3. The van der Waals surface area contributed by atoms with Crippen LogP contribution < -0.4 is 5.73 Å². The van der Waals surface area contributed by atoms with E-state index in [1.54, 1.807) is 6.92 Å². The molecule has 0 saturated heterocycles. The minimum absolute atomic E-state index is 0.133. The Hall–Kier alpha value is -1.52. The van der Waals surface area contributed by atoms with Crippen LogP contribution in [0.4, 0.5) is 0 Å². The second kappa shape index (κ2) is 6.05. The van der Waals surface area contributed by atoms with Crippen LogP contribution >= 0.6 is 0 Å². The van der Waals surface area contributed by atoms with E-state index in [2.05, 4.69) is 9.73 Å². The number of esters is 1. The molecule has 0 rings (SSSR count). The van der Waals surface area contributed by atoms with Crippen LogP contribution in [0.1, 0.15) is 6.92 Å². The molecule has 0 atom stereocenters. The Kier molecular flexibility index (Phi) is 5.34. The normalized spacial score (nSPS) is 12.5. The van der Waals surface area contributed by atoms with Crippen LogP contribution in [0.2, 0.25) is 0 Å². The van der Waals surface area contributed by atoms with Gasteiger partial charge in [-0.15, -0.1) is 0 Å². The zero-order valence-electron chi connectivity index (χ0n) is 8.03. The molecule has 0 spiro atoms. The number of carbonyl (C=O) groups is 1. The third-order valence-electron chi connectivity index (χ3n) is 1.23.